The van der Waals surface area contributed by atoms with Gasteiger partial charge in [0.15, 0.2) is 11.5 Å². The lowest BCUT2D eigenvalue weighted by Crippen LogP contribution is -2.52. The predicted molar refractivity (Wildman–Crippen MR) is 133 cm³/mol. The predicted octanol–water partition coefficient (Wildman–Crippen LogP) is 3.67. The zero-order valence-corrected chi connectivity index (χ0v) is 20.9. The minimum Gasteiger partial charge on any atom is -0.497 e. The van der Waals surface area contributed by atoms with Crippen molar-refractivity contribution in [2.45, 2.75) is 32.0 Å². The van der Waals surface area contributed by atoms with Gasteiger partial charge in [0.1, 0.15) is 17.6 Å². The van der Waals surface area contributed by atoms with Crippen LogP contribution in [0.5, 0.6) is 17.2 Å². The third-order valence-electron chi connectivity index (χ3n) is 6.32. The number of ether oxygens (including phenoxy) is 3. The lowest BCUT2D eigenvalue weighted by molar-refractivity contribution is -0.122. The van der Waals surface area contributed by atoms with Crippen molar-refractivity contribution >= 4 is 11.9 Å². The van der Waals surface area contributed by atoms with Gasteiger partial charge < -0.3 is 34.2 Å². The normalized spacial score (nSPS) is 15.4. The minimum atomic E-state index is -0.740. The highest BCUT2D eigenvalue weighted by molar-refractivity contribution is 5.87. The molecule has 0 spiro atoms. The lowest BCUT2D eigenvalue weighted by Gasteiger charge is -2.38. The van der Waals surface area contributed by atoms with Crippen molar-refractivity contribution in [3.8, 4) is 17.2 Å². The molecule has 2 unspecified atom stereocenters. The number of nitrogens with one attached hydrogen (secondary N) is 2. The summed E-state index contributed by atoms with van der Waals surface area (Å²) in [6.45, 7) is 2.37. The molecule has 1 aromatic heterocycles. The molecule has 3 amide bonds. The first-order valence-electron chi connectivity index (χ1n) is 11.7. The molecule has 0 saturated heterocycles. The maximum absolute atomic E-state index is 13.5. The van der Waals surface area contributed by atoms with Crippen LogP contribution in [0.1, 0.15) is 35.4 Å². The number of fused-ring (bicyclic) bond motifs is 1. The summed E-state index contributed by atoms with van der Waals surface area (Å²) < 4.78 is 21.6. The number of furan rings is 1. The van der Waals surface area contributed by atoms with Gasteiger partial charge >= 0.3 is 6.03 Å². The van der Waals surface area contributed by atoms with Crippen LogP contribution in [0, 0.1) is 0 Å². The van der Waals surface area contributed by atoms with E-state index in [-0.39, 0.29) is 18.5 Å². The van der Waals surface area contributed by atoms with Gasteiger partial charge in [0.05, 0.1) is 40.2 Å². The maximum Gasteiger partial charge on any atom is 0.318 e. The summed E-state index contributed by atoms with van der Waals surface area (Å²) in [5.41, 5.74) is 2.92. The van der Waals surface area contributed by atoms with Crippen LogP contribution in [-0.2, 0) is 17.8 Å². The van der Waals surface area contributed by atoms with Crippen LogP contribution in [-0.4, -0.2) is 50.8 Å². The molecule has 9 nitrogen and oxygen atoms in total. The van der Waals surface area contributed by atoms with Crippen LogP contribution in [0.15, 0.2) is 59.2 Å². The van der Waals surface area contributed by atoms with Gasteiger partial charge in [-0.2, -0.15) is 0 Å². The number of rotatable bonds is 8. The molecule has 0 fully saturated rings. The molecule has 3 aromatic rings. The van der Waals surface area contributed by atoms with E-state index in [1.807, 2.05) is 36.4 Å². The number of amides is 3. The fraction of sp³-hybridized carbons (Fsp3) is 0.333. The number of urea groups is 1. The van der Waals surface area contributed by atoms with Crippen molar-refractivity contribution < 1.29 is 28.2 Å². The highest BCUT2D eigenvalue weighted by Crippen LogP contribution is 2.41. The Bertz CT molecular complexity index is 1190. The van der Waals surface area contributed by atoms with Crippen LogP contribution in [0.25, 0.3) is 0 Å². The van der Waals surface area contributed by atoms with E-state index < -0.39 is 12.1 Å². The number of methoxy groups -OCH3 is 3. The molecule has 9 heteroatoms. The molecular weight excluding hydrogens is 462 g/mol. The summed E-state index contributed by atoms with van der Waals surface area (Å²) in [4.78, 5) is 27.8. The monoisotopic (exact) mass is 493 g/mol. The standard InChI is InChI=1S/C27H31N3O6/c1-17(26(31)28-16-21-6-5-13-36-21)29-27(32)30-12-11-19-14-23(34-3)24(35-4)15-22(19)25(30)18-7-9-20(33-2)10-8-18/h5-10,13-15,17,25H,11-12,16H2,1-4H3,(H,28,31)(H,29,32). The Kier molecular flexibility index (Phi) is 7.68. The Hall–Kier alpha value is -4.14. The van der Waals surface area contributed by atoms with Gasteiger partial charge in [-0.15, -0.1) is 0 Å². The number of carbonyl (C=O) groups is 2. The van der Waals surface area contributed by atoms with Crippen LogP contribution >= 0.6 is 0 Å². The third kappa shape index (κ3) is 5.25. The zero-order valence-electron chi connectivity index (χ0n) is 20.9. The summed E-state index contributed by atoms with van der Waals surface area (Å²) in [5, 5.41) is 5.63. The summed E-state index contributed by atoms with van der Waals surface area (Å²) in [6, 6.07) is 13.6. The fourth-order valence-corrected chi connectivity index (χ4v) is 4.38. The molecule has 0 aliphatic carbocycles. The minimum absolute atomic E-state index is 0.249. The third-order valence-corrected chi connectivity index (χ3v) is 6.32. The molecule has 1 aliphatic heterocycles. The second-order valence-electron chi connectivity index (χ2n) is 8.49. The highest BCUT2D eigenvalue weighted by atomic mass is 16.5. The maximum atomic E-state index is 13.5. The molecule has 2 heterocycles. The van der Waals surface area contributed by atoms with Crippen molar-refractivity contribution in [3.63, 3.8) is 0 Å². The molecule has 2 atom stereocenters. The van der Waals surface area contributed by atoms with Crippen LogP contribution in [0.2, 0.25) is 0 Å². The highest BCUT2D eigenvalue weighted by Gasteiger charge is 2.34. The Morgan fingerprint density at radius 1 is 1.06 bits per heavy atom. The van der Waals surface area contributed by atoms with Gasteiger partial charge in [0.25, 0.3) is 0 Å². The van der Waals surface area contributed by atoms with Gasteiger partial charge in [-0.3, -0.25) is 4.79 Å². The van der Waals surface area contributed by atoms with Gasteiger partial charge in [-0.25, -0.2) is 4.79 Å². The molecule has 190 valence electrons. The number of nitrogens with zero attached hydrogens (tertiary/aromatic N) is 1. The molecule has 0 radical (unpaired) electrons. The van der Waals surface area contributed by atoms with E-state index >= 15 is 0 Å². The molecule has 2 aromatic carbocycles. The second kappa shape index (κ2) is 11.1. The molecule has 0 saturated carbocycles. The lowest BCUT2D eigenvalue weighted by atomic mass is 9.87. The van der Waals surface area contributed by atoms with Crippen LogP contribution < -0.4 is 24.8 Å². The van der Waals surface area contributed by atoms with Crippen molar-refractivity contribution in [3.05, 3.63) is 77.2 Å². The van der Waals surface area contributed by atoms with Crippen LogP contribution in [0.3, 0.4) is 0 Å². The first-order chi connectivity index (χ1) is 17.4. The van der Waals surface area contributed by atoms with Gasteiger partial charge in [0.2, 0.25) is 5.91 Å². The van der Waals surface area contributed by atoms with Gasteiger partial charge in [-0.1, -0.05) is 12.1 Å². The van der Waals surface area contributed by atoms with E-state index in [1.54, 1.807) is 51.5 Å². The first kappa shape index (κ1) is 25.0. The van der Waals surface area contributed by atoms with E-state index in [9.17, 15) is 9.59 Å². The zero-order chi connectivity index (χ0) is 25.7. The van der Waals surface area contributed by atoms with E-state index in [0.29, 0.717) is 30.2 Å². The van der Waals surface area contributed by atoms with E-state index in [0.717, 1.165) is 22.4 Å². The van der Waals surface area contributed by atoms with Crippen molar-refractivity contribution in [2.24, 2.45) is 0 Å². The summed E-state index contributed by atoms with van der Waals surface area (Å²) in [5.74, 6) is 2.29. The number of hydrogen-bond donors (Lipinski definition) is 2. The fourth-order valence-electron chi connectivity index (χ4n) is 4.38. The number of benzene rings is 2. The second-order valence-corrected chi connectivity index (χ2v) is 8.49. The van der Waals surface area contributed by atoms with E-state index in [2.05, 4.69) is 10.6 Å². The first-order valence-corrected chi connectivity index (χ1v) is 11.7. The number of hydrogen-bond acceptors (Lipinski definition) is 6. The van der Waals surface area contributed by atoms with E-state index in [1.165, 1.54) is 0 Å². The van der Waals surface area contributed by atoms with Crippen LogP contribution in [0.4, 0.5) is 4.79 Å². The Balaban J connectivity index is 1.59. The molecule has 1 aliphatic rings. The molecule has 2 N–H and O–H groups in total. The molecule has 4 rings (SSSR count). The smallest absolute Gasteiger partial charge is 0.318 e. The van der Waals surface area contributed by atoms with Gasteiger partial charge in [-0.05, 0) is 66.4 Å². The summed E-state index contributed by atoms with van der Waals surface area (Å²) in [7, 11) is 4.80. The number of carbonyl (C=O) groups excluding carboxylic acids is 2. The topological polar surface area (TPSA) is 102 Å². The summed E-state index contributed by atoms with van der Waals surface area (Å²) in [6.07, 6.45) is 2.18. The molecule has 0 bridgehead atoms. The SMILES string of the molecule is COc1ccc(C2c3cc(OC)c(OC)cc3CCN2C(=O)NC(C)C(=O)NCc2ccco2)cc1. The Labute approximate surface area is 210 Å². The Morgan fingerprint density at radius 2 is 1.78 bits per heavy atom. The largest absolute Gasteiger partial charge is 0.497 e. The molecule has 36 heavy (non-hydrogen) atoms. The molecular formula is C27H31N3O6. The quantitative estimate of drug-likeness (QED) is 0.497. The Morgan fingerprint density at radius 3 is 2.42 bits per heavy atom. The van der Waals surface area contributed by atoms with Crippen molar-refractivity contribution in [2.75, 3.05) is 27.9 Å². The van der Waals surface area contributed by atoms with Gasteiger partial charge in [0, 0.05) is 6.54 Å². The van der Waals surface area contributed by atoms with E-state index in [4.69, 9.17) is 18.6 Å². The summed E-state index contributed by atoms with van der Waals surface area (Å²) >= 11 is 0. The average Bonchev–Trinajstić information content (AvgIpc) is 3.43. The van der Waals surface area contributed by atoms with Crippen molar-refractivity contribution in [1.29, 1.82) is 0 Å². The average molecular weight is 494 g/mol. The van der Waals surface area contributed by atoms with Crippen molar-refractivity contribution in [1.82, 2.24) is 15.5 Å².